The summed E-state index contributed by atoms with van der Waals surface area (Å²) in [4.78, 5) is 11.1. The molecule has 0 fully saturated rings. The van der Waals surface area contributed by atoms with Crippen LogP contribution in [0.1, 0.15) is 21.5 Å². The molecule has 0 unspecified atom stereocenters. The molecule has 2 N–H and O–H groups in total. The Bertz CT molecular complexity index is 1100. The van der Waals surface area contributed by atoms with Crippen molar-refractivity contribution in [2.45, 2.75) is 13.2 Å². The fraction of sp³-hybridized carbons (Fsp3) is 0.136. The van der Waals surface area contributed by atoms with E-state index >= 15 is 0 Å². The average molecular weight is 501 g/mol. The smallest absolute Gasteiger partial charge is 0.337 e. The van der Waals surface area contributed by atoms with E-state index in [1.54, 1.807) is 42.5 Å². The van der Waals surface area contributed by atoms with Crippen LogP contribution in [0.5, 0.6) is 11.5 Å². The first-order valence-electron chi connectivity index (χ1n) is 8.99. The number of anilines is 1. The van der Waals surface area contributed by atoms with Crippen LogP contribution >= 0.6 is 46.4 Å². The first kappa shape index (κ1) is 23.4. The lowest BCUT2D eigenvalue weighted by atomic mass is 10.1. The number of methoxy groups -OCH3 is 1. The minimum absolute atomic E-state index is 0.0389. The highest BCUT2D eigenvalue weighted by molar-refractivity contribution is 6.36. The maximum absolute atomic E-state index is 11.1. The number of carbonyl (C=O) groups is 1. The number of nitrogens with one attached hydrogen (secondary N) is 1. The second-order valence-electron chi connectivity index (χ2n) is 6.45. The van der Waals surface area contributed by atoms with Gasteiger partial charge >= 0.3 is 5.97 Å². The summed E-state index contributed by atoms with van der Waals surface area (Å²) in [5, 5.41) is 13.7. The lowest BCUT2D eigenvalue weighted by Crippen LogP contribution is -2.04. The van der Waals surface area contributed by atoms with Gasteiger partial charge in [-0.15, -0.1) is 0 Å². The number of carboxylic acid groups (broad SMARTS) is 1. The molecule has 3 rings (SSSR count). The molecule has 5 nitrogen and oxygen atoms in total. The molecule has 0 saturated heterocycles. The van der Waals surface area contributed by atoms with Crippen LogP contribution < -0.4 is 14.8 Å². The number of rotatable bonds is 8. The summed E-state index contributed by atoms with van der Waals surface area (Å²) in [5.41, 5.74) is 2.18. The molecule has 0 aliphatic heterocycles. The fourth-order valence-corrected chi connectivity index (χ4v) is 3.89. The van der Waals surface area contributed by atoms with Gasteiger partial charge in [-0.1, -0.05) is 52.5 Å². The minimum Gasteiger partial charge on any atom is -0.493 e. The normalized spacial score (nSPS) is 10.6. The molecule has 0 aliphatic carbocycles. The number of hydrogen-bond donors (Lipinski definition) is 2. The van der Waals surface area contributed by atoms with Crippen molar-refractivity contribution in [2.24, 2.45) is 0 Å². The summed E-state index contributed by atoms with van der Waals surface area (Å²) < 4.78 is 11.3. The molecular weight excluding hydrogens is 484 g/mol. The molecule has 0 aliphatic rings. The Balaban J connectivity index is 1.75. The Hall–Kier alpha value is -2.31. The number of benzene rings is 3. The van der Waals surface area contributed by atoms with E-state index in [9.17, 15) is 4.79 Å². The zero-order valence-electron chi connectivity index (χ0n) is 16.2. The fourth-order valence-electron chi connectivity index (χ4n) is 2.83. The third-order valence-electron chi connectivity index (χ3n) is 4.41. The van der Waals surface area contributed by atoms with E-state index < -0.39 is 5.97 Å². The number of hydrogen-bond acceptors (Lipinski definition) is 4. The van der Waals surface area contributed by atoms with Gasteiger partial charge in [0.2, 0.25) is 0 Å². The van der Waals surface area contributed by atoms with Crippen molar-refractivity contribution < 1.29 is 19.4 Å². The van der Waals surface area contributed by atoms with Crippen LogP contribution in [0.25, 0.3) is 0 Å². The summed E-state index contributed by atoms with van der Waals surface area (Å²) in [6.07, 6.45) is 0. The second-order valence-corrected chi connectivity index (χ2v) is 8.08. The van der Waals surface area contributed by atoms with Gasteiger partial charge in [-0.05, 0) is 48.0 Å². The summed E-state index contributed by atoms with van der Waals surface area (Å²) in [6, 6.07) is 13.4. The molecule has 0 spiro atoms. The molecular formula is C22H17Cl4NO4. The largest absolute Gasteiger partial charge is 0.493 e. The zero-order chi connectivity index (χ0) is 22.5. The van der Waals surface area contributed by atoms with Crippen LogP contribution in [0.4, 0.5) is 5.69 Å². The average Bonchev–Trinajstić information content (AvgIpc) is 2.72. The van der Waals surface area contributed by atoms with Gasteiger partial charge in [0.05, 0.1) is 22.7 Å². The van der Waals surface area contributed by atoms with Crippen LogP contribution in [-0.2, 0) is 13.2 Å². The van der Waals surface area contributed by atoms with Gasteiger partial charge in [-0.25, -0.2) is 4.79 Å². The van der Waals surface area contributed by atoms with Crippen LogP contribution in [0.3, 0.4) is 0 Å². The first-order chi connectivity index (χ1) is 14.8. The molecule has 0 aromatic heterocycles. The molecule has 3 aromatic carbocycles. The molecule has 0 saturated carbocycles. The molecule has 0 atom stereocenters. The van der Waals surface area contributed by atoms with E-state index in [0.717, 1.165) is 5.56 Å². The van der Waals surface area contributed by atoms with E-state index in [1.807, 2.05) is 0 Å². The van der Waals surface area contributed by atoms with Crippen LogP contribution in [-0.4, -0.2) is 18.2 Å². The summed E-state index contributed by atoms with van der Waals surface area (Å²) in [6.45, 7) is 0.524. The van der Waals surface area contributed by atoms with Crippen LogP contribution in [0.15, 0.2) is 48.5 Å². The predicted octanol–water partition coefficient (Wildman–Crippen LogP) is 7.20. The highest BCUT2D eigenvalue weighted by atomic mass is 35.5. The Labute approximate surface area is 199 Å². The molecule has 3 aromatic rings. The van der Waals surface area contributed by atoms with Crippen molar-refractivity contribution >= 4 is 58.1 Å². The van der Waals surface area contributed by atoms with Gasteiger partial charge in [-0.3, -0.25) is 0 Å². The van der Waals surface area contributed by atoms with Gasteiger partial charge in [0, 0.05) is 27.8 Å². The van der Waals surface area contributed by atoms with Crippen molar-refractivity contribution in [3.8, 4) is 11.5 Å². The van der Waals surface area contributed by atoms with E-state index in [0.29, 0.717) is 44.4 Å². The van der Waals surface area contributed by atoms with E-state index in [1.165, 1.54) is 13.2 Å². The van der Waals surface area contributed by atoms with Crippen molar-refractivity contribution in [1.29, 1.82) is 0 Å². The van der Waals surface area contributed by atoms with Crippen molar-refractivity contribution in [1.82, 2.24) is 0 Å². The minimum atomic E-state index is -1.08. The lowest BCUT2D eigenvalue weighted by molar-refractivity contribution is 0.0697. The van der Waals surface area contributed by atoms with E-state index in [2.05, 4.69) is 5.32 Å². The zero-order valence-corrected chi connectivity index (χ0v) is 19.2. The first-order valence-corrected chi connectivity index (χ1v) is 10.5. The van der Waals surface area contributed by atoms with E-state index in [-0.39, 0.29) is 17.2 Å². The molecule has 0 amide bonds. The monoisotopic (exact) mass is 499 g/mol. The Morgan fingerprint density at radius 2 is 1.68 bits per heavy atom. The summed E-state index contributed by atoms with van der Waals surface area (Å²) in [5.74, 6) is -0.258. The number of carboxylic acids is 1. The lowest BCUT2D eigenvalue weighted by Gasteiger charge is -2.16. The van der Waals surface area contributed by atoms with Crippen molar-refractivity contribution in [3.63, 3.8) is 0 Å². The standard InChI is InChI=1S/C22H17Cl4NO4/c1-30-20-8-12(10-27-13-5-6-14(22(28)29)18(25)9-13)7-19(26)21(20)31-11-15-16(23)3-2-4-17(15)24/h2-9,27H,10-11H2,1H3,(H,28,29). The van der Waals surface area contributed by atoms with Gasteiger partial charge in [0.15, 0.2) is 11.5 Å². The maximum atomic E-state index is 11.1. The third kappa shape index (κ3) is 5.69. The Morgan fingerprint density at radius 3 is 2.29 bits per heavy atom. The quantitative estimate of drug-likeness (QED) is 0.342. The highest BCUT2D eigenvalue weighted by Crippen LogP contribution is 2.38. The Kier molecular flexibility index (Phi) is 7.79. The van der Waals surface area contributed by atoms with Gasteiger partial charge in [0.1, 0.15) is 6.61 Å². The summed E-state index contributed by atoms with van der Waals surface area (Å²) in [7, 11) is 1.52. The number of aromatic carboxylic acids is 1. The van der Waals surface area contributed by atoms with E-state index in [4.69, 9.17) is 61.0 Å². The molecule has 9 heteroatoms. The molecule has 0 heterocycles. The number of ether oxygens (including phenoxy) is 2. The van der Waals surface area contributed by atoms with Gasteiger partial charge < -0.3 is 19.9 Å². The van der Waals surface area contributed by atoms with Crippen molar-refractivity contribution in [3.05, 3.63) is 85.3 Å². The summed E-state index contributed by atoms with van der Waals surface area (Å²) >= 11 is 24.8. The van der Waals surface area contributed by atoms with Crippen molar-refractivity contribution in [2.75, 3.05) is 12.4 Å². The SMILES string of the molecule is COc1cc(CNc2ccc(C(=O)O)c(Cl)c2)cc(Cl)c1OCc1c(Cl)cccc1Cl. The molecule has 0 bridgehead atoms. The second kappa shape index (κ2) is 10.3. The van der Waals surface area contributed by atoms with Crippen LogP contribution in [0, 0.1) is 0 Å². The Morgan fingerprint density at radius 1 is 0.968 bits per heavy atom. The van der Waals surface area contributed by atoms with Crippen LogP contribution in [0.2, 0.25) is 20.1 Å². The topological polar surface area (TPSA) is 67.8 Å². The molecule has 31 heavy (non-hydrogen) atoms. The maximum Gasteiger partial charge on any atom is 0.337 e. The predicted molar refractivity (Wildman–Crippen MR) is 125 cm³/mol. The third-order valence-corrected chi connectivity index (χ3v) is 5.71. The highest BCUT2D eigenvalue weighted by Gasteiger charge is 2.15. The van der Waals surface area contributed by atoms with Gasteiger partial charge in [-0.2, -0.15) is 0 Å². The van der Waals surface area contributed by atoms with Gasteiger partial charge in [0.25, 0.3) is 0 Å². The molecule has 0 radical (unpaired) electrons. The number of halogens is 4. The molecule has 162 valence electrons.